The molecule has 0 saturated carbocycles. The molecule has 1 fully saturated rings. The van der Waals surface area contributed by atoms with Gasteiger partial charge in [-0.1, -0.05) is 39.8 Å². The average Bonchev–Trinajstić information content (AvgIpc) is 3.14. The lowest BCUT2D eigenvalue weighted by Crippen LogP contribution is -2.41. The van der Waals surface area contributed by atoms with E-state index in [4.69, 9.17) is 13.7 Å². The zero-order chi connectivity index (χ0) is 25.9. The Bertz CT molecular complexity index is 1070. The van der Waals surface area contributed by atoms with Gasteiger partial charge >= 0.3 is 13.1 Å². The lowest BCUT2D eigenvalue weighted by atomic mass is 9.74. The Kier molecular flexibility index (Phi) is 6.99. The Morgan fingerprint density at radius 1 is 1.18 bits per heavy atom. The zero-order valence-corrected chi connectivity index (χ0v) is 23.8. The van der Waals surface area contributed by atoms with Gasteiger partial charge in [-0.05, 0) is 76.2 Å². The highest BCUT2D eigenvalue weighted by Crippen LogP contribution is 2.39. The van der Waals surface area contributed by atoms with Crippen LogP contribution < -0.4 is 5.46 Å². The lowest BCUT2D eigenvalue weighted by molar-refractivity contribution is 0.00578. The van der Waals surface area contributed by atoms with Crippen molar-refractivity contribution in [2.75, 3.05) is 6.61 Å². The number of benzene rings is 1. The number of aromatic amines is 1. The van der Waals surface area contributed by atoms with E-state index < -0.39 is 32.6 Å². The van der Waals surface area contributed by atoms with Crippen molar-refractivity contribution < 1.29 is 23.6 Å². The van der Waals surface area contributed by atoms with E-state index in [0.29, 0.717) is 6.61 Å². The van der Waals surface area contributed by atoms with Crippen LogP contribution in [0.2, 0.25) is 18.1 Å². The Balaban J connectivity index is 2.00. The predicted octanol–water partition coefficient (Wildman–Crippen LogP) is 5.99. The summed E-state index contributed by atoms with van der Waals surface area (Å²) in [7, 11) is -2.43. The molecule has 8 heteroatoms. The number of nitrogens with one attached hydrogen (secondary N) is 1. The first-order valence-corrected chi connectivity index (χ1v) is 15.2. The van der Waals surface area contributed by atoms with Crippen LogP contribution in [-0.2, 0) is 13.7 Å². The summed E-state index contributed by atoms with van der Waals surface area (Å²) in [5, 5.41) is 11.1. The van der Waals surface area contributed by atoms with Crippen molar-refractivity contribution in [1.29, 1.82) is 0 Å². The maximum Gasteiger partial charge on any atom is 0.497 e. The van der Waals surface area contributed by atoms with Crippen LogP contribution in [0.4, 0.5) is 0 Å². The summed E-state index contributed by atoms with van der Waals surface area (Å²) in [6, 6.07) is 4.05. The number of hydrogen-bond acceptors (Lipinski definition) is 4. The standard InChI is InChI=1S/C26H42BNO5Si/c1-16(14-15-31-34(10,11)24(3,4)5)19-18-13-12-17(2)20(21(18)28-22(19)23(29)30)27-32-25(6,7)26(8,9)33-27/h12-13,16,28H,14-15H2,1-11H3,(H,29,30). The SMILES string of the molecule is Cc1ccc2c(C(C)CCO[Si](C)(C)C(C)(C)C)c(C(=O)O)[nH]c2c1B1OC(C)(C)C(C)(C)O1. The van der Waals surface area contributed by atoms with Crippen molar-refractivity contribution in [1.82, 2.24) is 4.98 Å². The van der Waals surface area contributed by atoms with Crippen molar-refractivity contribution in [3.63, 3.8) is 0 Å². The third-order valence-electron chi connectivity index (χ3n) is 8.29. The number of fused-ring (bicyclic) bond motifs is 1. The predicted molar refractivity (Wildman–Crippen MR) is 142 cm³/mol. The number of carboxylic acids is 1. The molecule has 0 radical (unpaired) electrons. The van der Waals surface area contributed by atoms with Crippen LogP contribution in [0.5, 0.6) is 0 Å². The molecule has 3 rings (SSSR count). The summed E-state index contributed by atoms with van der Waals surface area (Å²) in [6.45, 7) is 24.0. The van der Waals surface area contributed by atoms with Crippen molar-refractivity contribution in [3.05, 3.63) is 29.0 Å². The van der Waals surface area contributed by atoms with Gasteiger partial charge in [-0.25, -0.2) is 4.79 Å². The zero-order valence-electron chi connectivity index (χ0n) is 22.8. The van der Waals surface area contributed by atoms with Gasteiger partial charge in [0.25, 0.3) is 0 Å². The Morgan fingerprint density at radius 3 is 2.24 bits per heavy atom. The summed E-state index contributed by atoms with van der Waals surface area (Å²) >= 11 is 0. The van der Waals surface area contributed by atoms with Gasteiger partial charge in [0.05, 0.1) is 11.2 Å². The molecule has 2 heterocycles. The second kappa shape index (κ2) is 8.80. The molecule has 1 aliphatic rings. The average molecular weight is 488 g/mol. The fourth-order valence-corrected chi connectivity index (χ4v) is 5.27. The van der Waals surface area contributed by atoms with Crippen LogP contribution in [0, 0.1) is 6.92 Å². The van der Waals surface area contributed by atoms with Gasteiger partial charge < -0.3 is 23.8 Å². The monoisotopic (exact) mass is 487 g/mol. The molecule has 0 bridgehead atoms. The summed E-state index contributed by atoms with van der Waals surface area (Å²) in [4.78, 5) is 15.5. The smallest absolute Gasteiger partial charge is 0.477 e. The topological polar surface area (TPSA) is 80.8 Å². The number of H-pyrrole nitrogens is 1. The molecule has 1 atom stereocenters. The maximum atomic E-state index is 12.3. The van der Waals surface area contributed by atoms with Crippen LogP contribution in [0.3, 0.4) is 0 Å². The highest BCUT2D eigenvalue weighted by molar-refractivity contribution is 6.74. The number of carbonyl (C=O) groups is 1. The number of hydrogen-bond donors (Lipinski definition) is 2. The Morgan fingerprint density at radius 2 is 1.74 bits per heavy atom. The summed E-state index contributed by atoms with van der Waals surface area (Å²) in [5.41, 5.74) is 2.75. The number of aromatic nitrogens is 1. The van der Waals surface area contributed by atoms with E-state index in [1.807, 2.05) is 46.8 Å². The molecule has 34 heavy (non-hydrogen) atoms. The van der Waals surface area contributed by atoms with Crippen LogP contribution in [-0.4, -0.2) is 49.3 Å². The second-order valence-electron chi connectivity index (χ2n) is 12.3. The van der Waals surface area contributed by atoms with Crippen molar-refractivity contribution in [2.24, 2.45) is 0 Å². The van der Waals surface area contributed by atoms with Crippen molar-refractivity contribution in [3.8, 4) is 0 Å². The van der Waals surface area contributed by atoms with Gasteiger partial charge in [-0.3, -0.25) is 0 Å². The first-order valence-electron chi connectivity index (χ1n) is 12.3. The van der Waals surface area contributed by atoms with E-state index in [1.165, 1.54) is 0 Å². The minimum atomic E-state index is -1.86. The molecule has 1 aromatic heterocycles. The Hall–Kier alpha value is -1.61. The minimum Gasteiger partial charge on any atom is -0.477 e. The molecule has 2 N–H and O–H groups in total. The summed E-state index contributed by atoms with van der Waals surface area (Å²) in [5.74, 6) is -0.945. The van der Waals surface area contributed by atoms with Crippen LogP contribution >= 0.6 is 0 Å². The molecular formula is C26H42BNO5Si. The quantitative estimate of drug-likeness (QED) is 0.469. The first kappa shape index (κ1) is 27.0. The number of aryl methyl sites for hydroxylation is 1. The largest absolute Gasteiger partial charge is 0.497 e. The second-order valence-corrected chi connectivity index (χ2v) is 17.1. The van der Waals surface area contributed by atoms with Gasteiger partial charge in [0.1, 0.15) is 5.69 Å². The van der Waals surface area contributed by atoms with E-state index in [2.05, 4.69) is 45.8 Å². The molecule has 1 aromatic carbocycles. The normalized spacial score (nSPS) is 19.1. The van der Waals surface area contributed by atoms with Crippen molar-refractivity contribution >= 4 is 37.8 Å². The molecule has 1 saturated heterocycles. The first-order chi connectivity index (χ1) is 15.4. The fraction of sp³-hybridized carbons (Fsp3) is 0.654. The van der Waals surface area contributed by atoms with Gasteiger partial charge in [0.15, 0.2) is 8.32 Å². The minimum absolute atomic E-state index is 0.0125. The van der Waals surface area contributed by atoms with Gasteiger partial charge in [-0.15, -0.1) is 0 Å². The molecule has 0 aliphatic carbocycles. The molecule has 0 spiro atoms. The highest BCUT2D eigenvalue weighted by atomic mass is 28.4. The van der Waals surface area contributed by atoms with Gasteiger partial charge in [0.2, 0.25) is 0 Å². The van der Waals surface area contributed by atoms with E-state index in [-0.39, 0.29) is 16.7 Å². The number of aromatic carboxylic acids is 1. The molecule has 1 unspecified atom stereocenters. The number of carboxylic acid groups (broad SMARTS) is 1. The molecule has 6 nitrogen and oxygen atoms in total. The third kappa shape index (κ3) is 4.74. The van der Waals surface area contributed by atoms with Gasteiger partial charge in [-0.2, -0.15) is 0 Å². The summed E-state index contributed by atoms with van der Waals surface area (Å²) in [6.07, 6.45) is 0.749. The molecule has 1 aliphatic heterocycles. The van der Waals surface area contributed by atoms with Crippen LogP contribution in [0.15, 0.2) is 12.1 Å². The Labute approximate surface area is 206 Å². The van der Waals surface area contributed by atoms with Crippen LogP contribution in [0.1, 0.15) is 89.3 Å². The molecule has 188 valence electrons. The molecule has 2 aromatic rings. The van der Waals surface area contributed by atoms with E-state index in [1.54, 1.807) is 0 Å². The van der Waals surface area contributed by atoms with E-state index >= 15 is 0 Å². The van der Waals surface area contributed by atoms with E-state index in [0.717, 1.165) is 33.9 Å². The van der Waals surface area contributed by atoms with Crippen LogP contribution in [0.25, 0.3) is 10.9 Å². The lowest BCUT2D eigenvalue weighted by Gasteiger charge is -2.36. The highest BCUT2D eigenvalue weighted by Gasteiger charge is 2.52. The summed E-state index contributed by atoms with van der Waals surface area (Å²) < 4.78 is 19.1. The maximum absolute atomic E-state index is 12.3. The fourth-order valence-electron chi connectivity index (χ4n) is 4.21. The van der Waals surface area contributed by atoms with E-state index in [9.17, 15) is 9.90 Å². The molecule has 0 amide bonds. The van der Waals surface area contributed by atoms with Gasteiger partial charge in [0, 0.05) is 23.0 Å². The molecular weight excluding hydrogens is 445 g/mol. The van der Waals surface area contributed by atoms with Crippen molar-refractivity contribution in [2.45, 2.75) is 104 Å². The third-order valence-corrected chi connectivity index (χ3v) is 12.8. The number of rotatable bonds is 7.